The van der Waals surface area contributed by atoms with Gasteiger partial charge in [-0.15, -0.1) is 0 Å². The van der Waals surface area contributed by atoms with Crippen LogP contribution in [0.1, 0.15) is 72.3 Å². The van der Waals surface area contributed by atoms with E-state index >= 15 is 0 Å². The van der Waals surface area contributed by atoms with E-state index < -0.39 is 29.6 Å². The first-order valence-corrected chi connectivity index (χ1v) is 11.0. The van der Waals surface area contributed by atoms with Gasteiger partial charge < -0.3 is 24.2 Å². The van der Waals surface area contributed by atoms with Crippen LogP contribution in [-0.2, 0) is 9.53 Å². The molecule has 1 saturated heterocycles. The third-order valence-electron chi connectivity index (χ3n) is 6.07. The average molecular weight is 434 g/mol. The highest BCUT2D eigenvalue weighted by Gasteiger charge is 2.51. The van der Waals surface area contributed by atoms with Gasteiger partial charge in [-0.25, -0.2) is 4.79 Å². The molecule has 7 heteroatoms. The first-order chi connectivity index (χ1) is 14.4. The van der Waals surface area contributed by atoms with E-state index in [0.717, 1.165) is 18.4 Å². The van der Waals surface area contributed by atoms with Crippen LogP contribution >= 0.6 is 0 Å². The Morgan fingerprint density at radius 3 is 2.45 bits per heavy atom. The van der Waals surface area contributed by atoms with Crippen molar-refractivity contribution in [1.29, 1.82) is 0 Å². The molecule has 31 heavy (non-hydrogen) atoms. The fourth-order valence-corrected chi connectivity index (χ4v) is 4.83. The van der Waals surface area contributed by atoms with Crippen LogP contribution in [0.2, 0.25) is 0 Å². The van der Waals surface area contributed by atoms with Gasteiger partial charge in [0.2, 0.25) is 6.79 Å². The lowest BCUT2D eigenvalue weighted by Gasteiger charge is -2.35. The predicted octanol–water partition coefficient (Wildman–Crippen LogP) is 5.04. The number of carbonyl (C=O) groups is 2. The van der Waals surface area contributed by atoms with Crippen molar-refractivity contribution in [2.24, 2.45) is 11.3 Å². The van der Waals surface area contributed by atoms with Gasteiger partial charge in [0.15, 0.2) is 11.5 Å². The Morgan fingerprint density at radius 1 is 1.16 bits per heavy atom. The maximum Gasteiger partial charge on any atom is 0.410 e. The zero-order chi connectivity index (χ0) is 23.0. The highest BCUT2D eigenvalue weighted by atomic mass is 16.7. The van der Waals surface area contributed by atoms with E-state index in [2.05, 4.69) is 20.8 Å². The standard InChI is InChI=1S/C24H35NO6/c1-7-10-24(5,6)12-17-20(21(26)27)16(13-25(17)22(28)31-23(2,3)4)15-8-9-18-19(11-15)30-14-29-18/h8-9,11,16-17,20H,7,10,12-14H2,1-6H3,(H,26,27)/t16?,17-,20+/m1/s1. The summed E-state index contributed by atoms with van der Waals surface area (Å²) in [7, 11) is 0. The summed E-state index contributed by atoms with van der Waals surface area (Å²) in [6, 6.07) is 5.07. The van der Waals surface area contributed by atoms with Crippen LogP contribution in [0.3, 0.4) is 0 Å². The maximum absolute atomic E-state index is 13.1. The van der Waals surface area contributed by atoms with Gasteiger partial charge in [-0.1, -0.05) is 33.3 Å². The van der Waals surface area contributed by atoms with Gasteiger partial charge in [0.05, 0.1) is 5.92 Å². The lowest BCUT2D eigenvalue weighted by Crippen LogP contribution is -2.44. The number of fused-ring (bicyclic) bond motifs is 1. The molecule has 1 fully saturated rings. The van der Waals surface area contributed by atoms with Crippen molar-refractivity contribution in [3.05, 3.63) is 23.8 Å². The minimum absolute atomic E-state index is 0.100. The van der Waals surface area contributed by atoms with Crippen LogP contribution in [0.15, 0.2) is 18.2 Å². The van der Waals surface area contributed by atoms with E-state index in [4.69, 9.17) is 14.2 Å². The minimum atomic E-state index is -0.897. The second-order valence-corrected chi connectivity index (χ2v) is 10.4. The smallest absolute Gasteiger partial charge is 0.410 e. The molecule has 3 atom stereocenters. The third-order valence-corrected chi connectivity index (χ3v) is 6.07. The monoisotopic (exact) mass is 433 g/mol. The molecule has 7 nitrogen and oxygen atoms in total. The number of hydrogen-bond donors (Lipinski definition) is 1. The van der Waals surface area contributed by atoms with Gasteiger partial charge in [-0.05, 0) is 56.7 Å². The van der Waals surface area contributed by atoms with Gasteiger partial charge in [0.1, 0.15) is 5.60 Å². The molecular weight excluding hydrogens is 398 g/mol. The summed E-state index contributed by atoms with van der Waals surface area (Å²) < 4.78 is 16.6. The van der Waals surface area contributed by atoms with Gasteiger partial charge in [0.25, 0.3) is 0 Å². The van der Waals surface area contributed by atoms with Crippen molar-refractivity contribution in [3.63, 3.8) is 0 Å². The van der Waals surface area contributed by atoms with Crippen LogP contribution in [0, 0.1) is 11.3 Å². The number of amides is 1. The lowest BCUT2D eigenvalue weighted by atomic mass is 9.76. The molecule has 0 radical (unpaired) electrons. The number of benzene rings is 1. The summed E-state index contributed by atoms with van der Waals surface area (Å²) in [4.78, 5) is 27.2. The molecule has 0 bridgehead atoms. The highest BCUT2D eigenvalue weighted by Crippen LogP contribution is 2.45. The number of hydrogen-bond acceptors (Lipinski definition) is 5. The normalized spacial score (nSPS) is 23.2. The molecular formula is C24H35NO6. The number of carboxylic acids is 1. The topological polar surface area (TPSA) is 85.3 Å². The molecule has 1 N–H and O–H groups in total. The van der Waals surface area contributed by atoms with E-state index in [1.807, 2.05) is 39.0 Å². The van der Waals surface area contributed by atoms with Crippen molar-refractivity contribution in [3.8, 4) is 11.5 Å². The second-order valence-electron chi connectivity index (χ2n) is 10.4. The number of likely N-dealkylation sites (tertiary alicyclic amines) is 1. The molecule has 2 heterocycles. The first kappa shape index (κ1) is 23.2. The quantitative estimate of drug-likeness (QED) is 0.677. The molecule has 1 aromatic rings. The summed E-state index contributed by atoms with van der Waals surface area (Å²) in [6.45, 7) is 12.3. The van der Waals surface area contributed by atoms with Crippen LogP contribution in [0.4, 0.5) is 4.79 Å². The van der Waals surface area contributed by atoms with E-state index in [0.29, 0.717) is 24.5 Å². The van der Waals surface area contributed by atoms with Crippen LogP contribution in [-0.4, -0.2) is 47.0 Å². The fourth-order valence-electron chi connectivity index (χ4n) is 4.83. The summed E-state index contributed by atoms with van der Waals surface area (Å²) in [5.41, 5.74) is 0.0776. The second kappa shape index (κ2) is 8.60. The molecule has 2 aliphatic heterocycles. The number of carbonyl (C=O) groups excluding carboxylic acids is 1. The van der Waals surface area contributed by atoms with E-state index in [1.54, 1.807) is 4.90 Å². The minimum Gasteiger partial charge on any atom is -0.481 e. The Bertz CT molecular complexity index is 828. The summed E-state index contributed by atoms with van der Waals surface area (Å²) in [5, 5.41) is 10.2. The molecule has 0 spiro atoms. The summed E-state index contributed by atoms with van der Waals surface area (Å²) >= 11 is 0. The summed E-state index contributed by atoms with van der Waals surface area (Å²) in [6.07, 6.45) is 2.08. The molecule has 2 aliphatic rings. The van der Waals surface area contributed by atoms with E-state index in [9.17, 15) is 14.7 Å². The van der Waals surface area contributed by atoms with Crippen LogP contribution in [0.5, 0.6) is 11.5 Å². The molecule has 0 aliphatic carbocycles. The van der Waals surface area contributed by atoms with Gasteiger partial charge in [0, 0.05) is 18.5 Å². The van der Waals surface area contributed by atoms with Crippen molar-refractivity contribution in [2.75, 3.05) is 13.3 Å². The molecule has 172 valence electrons. The van der Waals surface area contributed by atoms with Crippen molar-refractivity contribution >= 4 is 12.1 Å². The van der Waals surface area contributed by atoms with Gasteiger partial charge in [-0.2, -0.15) is 0 Å². The largest absolute Gasteiger partial charge is 0.481 e. The summed E-state index contributed by atoms with van der Waals surface area (Å²) in [5.74, 6) is -0.726. The predicted molar refractivity (Wildman–Crippen MR) is 116 cm³/mol. The SMILES string of the molecule is CCCC(C)(C)C[C@@H]1[C@@H](C(=O)O)C(c2ccc3c(c2)OCO3)CN1C(=O)OC(C)(C)C. The first-order valence-electron chi connectivity index (χ1n) is 11.0. The van der Waals surface area contributed by atoms with Crippen molar-refractivity contribution < 1.29 is 28.9 Å². The molecule has 3 rings (SSSR count). The van der Waals surface area contributed by atoms with Crippen molar-refractivity contribution in [1.82, 2.24) is 4.90 Å². The Morgan fingerprint density at radius 2 is 1.84 bits per heavy atom. The number of aliphatic carboxylic acids is 1. The lowest BCUT2D eigenvalue weighted by molar-refractivity contribution is -0.143. The maximum atomic E-state index is 13.1. The number of rotatable bonds is 6. The molecule has 0 saturated carbocycles. The molecule has 0 aromatic heterocycles. The Kier molecular flexibility index (Phi) is 6.44. The third kappa shape index (κ3) is 5.25. The number of nitrogens with zero attached hydrogens (tertiary/aromatic N) is 1. The van der Waals surface area contributed by atoms with Crippen LogP contribution < -0.4 is 9.47 Å². The Labute approximate surface area is 184 Å². The van der Waals surface area contributed by atoms with E-state index in [1.165, 1.54) is 0 Å². The Hall–Kier alpha value is -2.44. The van der Waals surface area contributed by atoms with Gasteiger partial charge in [-0.3, -0.25) is 4.79 Å². The van der Waals surface area contributed by atoms with E-state index in [-0.39, 0.29) is 18.1 Å². The average Bonchev–Trinajstić information content (AvgIpc) is 3.23. The van der Waals surface area contributed by atoms with Crippen LogP contribution in [0.25, 0.3) is 0 Å². The zero-order valence-corrected chi connectivity index (χ0v) is 19.4. The molecule has 1 amide bonds. The number of carboxylic acid groups (broad SMARTS) is 1. The Balaban J connectivity index is 1.98. The number of ether oxygens (including phenoxy) is 3. The van der Waals surface area contributed by atoms with Gasteiger partial charge >= 0.3 is 12.1 Å². The highest BCUT2D eigenvalue weighted by molar-refractivity contribution is 5.77. The molecule has 1 unspecified atom stereocenters. The zero-order valence-electron chi connectivity index (χ0n) is 19.4. The molecule has 1 aromatic carbocycles. The fraction of sp³-hybridized carbons (Fsp3) is 0.667. The van der Waals surface area contributed by atoms with Crippen molar-refractivity contribution in [2.45, 2.75) is 78.4 Å².